The fraction of sp³-hybridized carbons (Fsp3) is 0.500. The predicted octanol–water partition coefficient (Wildman–Crippen LogP) is 2.10. The molecule has 2 aromatic rings. The third kappa shape index (κ3) is 3.34. The summed E-state index contributed by atoms with van der Waals surface area (Å²) in [7, 11) is -3.21. The summed E-state index contributed by atoms with van der Waals surface area (Å²) in [6.45, 7) is 4.00. The molecule has 0 spiro atoms. The molecule has 0 aliphatic carbocycles. The summed E-state index contributed by atoms with van der Waals surface area (Å²) >= 11 is 3.40. The lowest BCUT2D eigenvalue weighted by atomic mass is 10.3. The lowest BCUT2D eigenvalue weighted by Gasteiger charge is -2.14. The van der Waals surface area contributed by atoms with Crippen molar-refractivity contribution in [2.24, 2.45) is 0 Å². The minimum atomic E-state index is -3.21. The Morgan fingerprint density at radius 2 is 2.32 bits per heavy atom. The van der Waals surface area contributed by atoms with E-state index in [4.69, 9.17) is 4.42 Å². The maximum Gasteiger partial charge on any atom is 0.215 e. The quantitative estimate of drug-likeness (QED) is 0.849. The zero-order chi connectivity index (χ0) is 15.7. The fourth-order valence-corrected chi connectivity index (χ4v) is 4.52. The second kappa shape index (κ2) is 6.27. The molecule has 0 saturated carbocycles. The number of sulfonamides is 1. The fourth-order valence-electron chi connectivity index (χ4n) is 2.72. The molecule has 120 valence electrons. The van der Waals surface area contributed by atoms with Crippen LogP contribution < -0.4 is 4.72 Å². The highest BCUT2D eigenvalue weighted by molar-refractivity contribution is 9.10. The van der Waals surface area contributed by atoms with Crippen LogP contribution in [0.25, 0.3) is 11.1 Å². The van der Waals surface area contributed by atoms with E-state index < -0.39 is 10.0 Å². The van der Waals surface area contributed by atoms with E-state index in [2.05, 4.69) is 30.5 Å². The maximum absolute atomic E-state index is 12.0. The lowest BCUT2D eigenvalue weighted by Crippen LogP contribution is -2.36. The molecule has 1 saturated heterocycles. The van der Waals surface area contributed by atoms with E-state index in [1.807, 2.05) is 18.2 Å². The molecular formula is C14H18BrN3O3S. The topological polar surface area (TPSA) is 75.4 Å². The zero-order valence-electron chi connectivity index (χ0n) is 12.3. The molecule has 1 aliphatic rings. The number of likely N-dealkylation sites (tertiary alicyclic amines) is 1. The first-order valence-corrected chi connectivity index (χ1v) is 9.57. The SMILES string of the molecule is CCNS(=O)(=O)[C@H]1CCN(Cc2nc3ccc(Br)cc3o2)C1. The molecule has 6 nitrogen and oxygen atoms in total. The van der Waals surface area contributed by atoms with E-state index in [9.17, 15) is 8.42 Å². The van der Waals surface area contributed by atoms with E-state index in [1.165, 1.54) is 0 Å². The predicted molar refractivity (Wildman–Crippen MR) is 88.0 cm³/mol. The highest BCUT2D eigenvalue weighted by Gasteiger charge is 2.33. The van der Waals surface area contributed by atoms with Gasteiger partial charge in [0.05, 0.1) is 11.8 Å². The van der Waals surface area contributed by atoms with Crippen LogP contribution in [0.5, 0.6) is 0 Å². The highest BCUT2D eigenvalue weighted by atomic mass is 79.9. The number of hydrogen-bond acceptors (Lipinski definition) is 5. The van der Waals surface area contributed by atoms with Crippen LogP contribution in [0.4, 0.5) is 0 Å². The van der Waals surface area contributed by atoms with Crippen LogP contribution in [0.3, 0.4) is 0 Å². The second-order valence-corrected chi connectivity index (χ2v) is 8.37. The molecular weight excluding hydrogens is 370 g/mol. The Labute approximate surface area is 138 Å². The number of benzene rings is 1. The van der Waals surface area contributed by atoms with E-state index in [-0.39, 0.29) is 5.25 Å². The van der Waals surface area contributed by atoms with E-state index in [0.29, 0.717) is 31.9 Å². The van der Waals surface area contributed by atoms with Crippen LogP contribution in [0.2, 0.25) is 0 Å². The van der Waals surface area contributed by atoms with Gasteiger partial charge in [-0.25, -0.2) is 18.1 Å². The zero-order valence-corrected chi connectivity index (χ0v) is 14.7. The molecule has 1 aromatic heterocycles. The van der Waals surface area contributed by atoms with Gasteiger partial charge in [-0.15, -0.1) is 0 Å². The Balaban J connectivity index is 1.69. The normalized spacial score (nSPS) is 20.0. The largest absolute Gasteiger partial charge is 0.439 e. The van der Waals surface area contributed by atoms with Gasteiger partial charge in [-0.2, -0.15) is 0 Å². The molecule has 1 fully saturated rings. The van der Waals surface area contributed by atoms with Gasteiger partial charge in [-0.05, 0) is 24.6 Å². The number of nitrogens with zero attached hydrogens (tertiary/aromatic N) is 2. The number of fused-ring (bicyclic) bond motifs is 1. The van der Waals surface area contributed by atoms with Crippen molar-refractivity contribution in [2.45, 2.75) is 25.1 Å². The van der Waals surface area contributed by atoms with Crippen molar-refractivity contribution in [3.8, 4) is 0 Å². The van der Waals surface area contributed by atoms with Gasteiger partial charge in [0.25, 0.3) is 0 Å². The number of oxazole rings is 1. The highest BCUT2D eigenvalue weighted by Crippen LogP contribution is 2.23. The van der Waals surface area contributed by atoms with Crippen LogP contribution in [-0.2, 0) is 16.6 Å². The minimum Gasteiger partial charge on any atom is -0.439 e. The smallest absolute Gasteiger partial charge is 0.215 e. The maximum atomic E-state index is 12.0. The van der Waals surface area contributed by atoms with Crippen molar-refractivity contribution >= 4 is 37.1 Å². The summed E-state index contributed by atoms with van der Waals surface area (Å²) in [5.41, 5.74) is 1.55. The monoisotopic (exact) mass is 387 g/mol. The van der Waals surface area contributed by atoms with Gasteiger partial charge in [0.1, 0.15) is 5.52 Å². The number of aromatic nitrogens is 1. The van der Waals surface area contributed by atoms with Gasteiger partial charge in [-0.3, -0.25) is 4.90 Å². The molecule has 1 atom stereocenters. The average Bonchev–Trinajstić information content (AvgIpc) is 3.05. The minimum absolute atomic E-state index is 0.356. The van der Waals surface area contributed by atoms with Crippen LogP contribution >= 0.6 is 15.9 Å². The summed E-state index contributed by atoms with van der Waals surface area (Å²) in [5, 5.41) is -0.356. The first kappa shape index (κ1) is 15.9. The summed E-state index contributed by atoms with van der Waals surface area (Å²) < 4.78 is 33.3. The summed E-state index contributed by atoms with van der Waals surface area (Å²) in [4.78, 5) is 6.52. The van der Waals surface area contributed by atoms with E-state index in [0.717, 1.165) is 22.1 Å². The van der Waals surface area contributed by atoms with Crippen molar-refractivity contribution < 1.29 is 12.8 Å². The molecule has 0 bridgehead atoms. The molecule has 0 amide bonds. The molecule has 2 heterocycles. The van der Waals surface area contributed by atoms with Gasteiger partial charge >= 0.3 is 0 Å². The Kier molecular flexibility index (Phi) is 4.54. The van der Waals surface area contributed by atoms with Gasteiger partial charge in [0.15, 0.2) is 5.58 Å². The van der Waals surface area contributed by atoms with Crippen molar-refractivity contribution in [1.29, 1.82) is 0 Å². The van der Waals surface area contributed by atoms with E-state index >= 15 is 0 Å². The molecule has 1 N–H and O–H groups in total. The Morgan fingerprint density at radius 3 is 3.09 bits per heavy atom. The molecule has 1 aliphatic heterocycles. The molecule has 0 unspecified atom stereocenters. The second-order valence-electron chi connectivity index (χ2n) is 5.41. The van der Waals surface area contributed by atoms with Gasteiger partial charge in [0, 0.05) is 24.1 Å². The summed E-state index contributed by atoms with van der Waals surface area (Å²) in [5.74, 6) is 0.620. The first-order valence-electron chi connectivity index (χ1n) is 7.24. The summed E-state index contributed by atoms with van der Waals surface area (Å²) in [6, 6.07) is 5.70. The van der Waals surface area contributed by atoms with Crippen molar-refractivity contribution in [1.82, 2.24) is 14.6 Å². The molecule has 0 radical (unpaired) electrons. The number of nitrogens with one attached hydrogen (secondary N) is 1. The van der Waals surface area contributed by atoms with E-state index in [1.54, 1.807) is 6.92 Å². The molecule has 1 aromatic carbocycles. The van der Waals surface area contributed by atoms with Crippen molar-refractivity contribution in [2.75, 3.05) is 19.6 Å². The third-order valence-corrected chi connectivity index (χ3v) is 6.21. The van der Waals surface area contributed by atoms with Gasteiger partial charge in [-0.1, -0.05) is 22.9 Å². The van der Waals surface area contributed by atoms with Crippen LogP contribution in [-0.4, -0.2) is 43.2 Å². The molecule has 8 heteroatoms. The number of hydrogen-bond donors (Lipinski definition) is 1. The number of halogens is 1. The van der Waals surface area contributed by atoms with Crippen LogP contribution in [0.15, 0.2) is 27.1 Å². The van der Waals surface area contributed by atoms with Crippen LogP contribution in [0, 0.1) is 0 Å². The van der Waals surface area contributed by atoms with Crippen LogP contribution in [0.1, 0.15) is 19.2 Å². The van der Waals surface area contributed by atoms with Gasteiger partial charge in [0.2, 0.25) is 15.9 Å². The Hall–Kier alpha value is -0.960. The third-order valence-electron chi connectivity index (χ3n) is 3.77. The molecule has 3 rings (SSSR count). The average molecular weight is 388 g/mol. The summed E-state index contributed by atoms with van der Waals surface area (Å²) in [6.07, 6.45) is 0.640. The Bertz CT molecular complexity index is 775. The lowest BCUT2D eigenvalue weighted by molar-refractivity contribution is 0.295. The number of rotatable bonds is 5. The molecule has 22 heavy (non-hydrogen) atoms. The van der Waals surface area contributed by atoms with Gasteiger partial charge < -0.3 is 4.42 Å². The first-order chi connectivity index (χ1) is 10.5. The Morgan fingerprint density at radius 1 is 1.50 bits per heavy atom. The van der Waals surface area contributed by atoms with Crippen molar-refractivity contribution in [3.63, 3.8) is 0 Å². The van der Waals surface area contributed by atoms with Crippen molar-refractivity contribution in [3.05, 3.63) is 28.6 Å². The standard InChI is InChI=1S/C14H18BrN3O3S/c1-2-16-22(19,20)11-5-6-18(8-11)9-14-17-12-4-3-10(15)7-13(12)21-14/h3-4,7,11,16H,2,5-6,8-9H2,1H3/t11-/m0/s1.